The number of nitrogens with one attached hydrogen (secondary N) is 2. The van der Waals surface area contributed by atoms with Gasteiger partial charge in [-0.15, -0.1) is 0 Å². The second-order valence-corrected chi connectivity index (χ2v) is 9.10. The Bertz CT molecular complexity index is 1310. The van der Waals surface area contributed by atoms with E-state index >= 15 is 0 Å². The van der Waals surface area contributed by atoms with Gasteiger partial charge in [0.2, 0.25) is 0 Å². The van der Waals surface area contributed by atoms with Crippen LogP contribution >= 0.6 is 12.2 Å². The molecule has 2 N–H and O–H groups in total. The van der Waals surface area contributed by atoms with Crippen molar-refractivity contribution < 1.29 is 14.3 Å². The third-order valence-corrected chi connectivity index (χ3v) is 7.09. The number of aromatic nitrogens is 2. The molecule has 0 saturated heterocycles. The van der Waals surface area contributed by atoms with Gasteiger partial charge in [-0.2, -0.15) is 0 Å². The average Bonchev–Trinajstić information content (AvgIpc) is 2.81. The zero-order valence-electron chi connectivity index (χ0n) is 19.3. The number of aromatic amines is 1. The van der Waals surface area contributed by atoms with Crippen LogP contribution in [0, 0.1) is 16.6 Å². The van der Waals surface area contributed by atoms with Crippen molar-refractivity contribution in [1.82, 2.24) is 14.9 Å². The molecule has 0 unspecified atom stereocenters. The molecule has 2 aromatic carbocycles. The number of benzene rings is 2. The standard InChI is InChI=1S/C25H29N3O4S/c1-14-6-5-7-19(15(14)2)26-23(29)16-8-10-18-20(12-16)27-25(33)28(24(18)30)17-9-11-21(31-3)22(13-17)32-4/h8-15,19H,5-7H2,1-4H3,(H,26,29)(H,27,33)/t14-,15+,19+/m0/s1. The number of carbonyl (C=O) groups excluding carboxylic acids is 1. The van der Waals surface area contributed by atoms with Crippen LogP contribution in [0.25, 0.3) is 16.6 Å². The van der Waals surface area contributed by atoms with Gasteiger partial charge >= 0.3 is 0 Å². The molecular weight excluding hydrogens is 438 g/mol. The lowest BCUT2D eigenvalue weighted by atomic mass is 9.78. The van der Waals surface area contributed by atoms with E-state index in [1.165, 1.54) is 18.1 Å². The average molecular weight is 468 g/mol. The fourth-order valence-corrected chi connectivity index (χ4v) is 4.89. The molecule has 1 fully saturated rings. The molecule has 1 saturated carbocycles. The van der Waals surface area contributed by atoms with Gasteiger partial charge in [0.05, 0.1) is 30.8 Å². The number of amides is 1. The van der Waals surface area contributed by atoms with Crippen molar-refractivity contribution in [3.05, 3.63) is 57.1 Å². The van der Waals surface area contributed by atoms with E-state index in [1.807, 2.05) is 0 Å². The molecule has 1 aromatic heterocycles. The Kier molecular flexibility index (Phi) is 6.56. The fourth-order valence-electron chi connectivity index (χ4n) is 4.60. The largest absolute Gasteiger partial charge is 0.493 e. The molecule has 3 aromatic rings. The lowest BCUT2D eigenvalue weighted by Crippen LogP contribution is -2.43. The highest BCUT2D eigenvalue weighted by molar-refractivity contribution is 7.71. The molecule has 1 aliphatic rings. The first kappa shape index (κ1) is 23.0. The van der Waals surface area contributed by atoms with E-state index < -0.39 is 0 Å². The third-order valence-electron chi connectivity index (χ3n) is 6.81. The summed E-state index contributed by atoms with van der Waals surface area (Å²) in [5, 5.41) is 3.62. The van der Waals surface area contributed by atoms with Gasteiger partial charge in [0.15, 0.2) is 16.3 Å². The molecule has 4 rings (SSSR count). The summed E-state index contributed by atoms with van der Waals surface area (Å²) < 4.78 is 12.3. The molecule has 174 valence electrons. The van der Waals surface area contributed by atoms with Crippen molar-refractivity contribution in [2.75, 3.05) is 14.2 Å². The van der Waals surface area contributed by atoms with Crippen LogP contribution in [0.1, 0.15) is 43.5 Å². The molecule has 1 heterocycles. The highest BCUT2D eigenvalue weighted by atomic mass is 32.1. The Morgan fingerprint density at radius 3 is 2.58 bits per heavy atom. The summed E-state index contributed by atoms with van der Waals surface area (Å²) >= 11 is 5.49. The lowest BCUT2D eigenvalue weighted by molar-refractivity contribution is 0.0891. The summed E-state index contributed by atoms with van der Waals surface area (Å²) in [4.78, 5) is 29.3. The molecule has 0 bridgehead atoms. The van der Waals surface area contributed by atoms with Crippen LogP contribution in [-0.4, -0.2) is 35.7 Å². The number of H-pyrrole nitrogens is 1. The van der Waals surface area contributed by atoms with Gasteiger partial charge in [0, 0.05) is 17.7 Å². The number of hydrogen-bond donors (Lipinski definition) is 2. The molecule has 33 heavy (non-hydrogen) atoms. The van der Waals surface area contributed by atoms with Crippen LogP contribution in [-0.2, 0) is 0 Å². The smallest absolute Gasteiger partial charge is 0.266 e. The third kappa shape index (κ3) is 4.39. The number of nitrogens with zero attached hydrogens (tertiary/aromatic N) is 1. The number of ether oxygens (including phenoxy) is 2. The topological polar surface area (TPSA) is 85.4 Å². The van der Waals surface area contributed by atoms with E-state index in [9.17, 15) is 9.59 Å². The van der Waals surface area contributed by atoms with Crippen molar-refractivity contribution >= 4 is 29.0 Å². The van der Waals surface area contributed by atoms with Gasteiger partial charge in [-0.05, 0) is 60.8 Å². The summed E-state index contributed by atoms with van der Waals surface area (Å²) in [7, 11) is 3.09. The van der Waals surface area contributed by atoms with Gasteiger partial charge in [0.1, 0.15) is 0 Å². The van der Waals surface area contributed by atoms with E-state index in [0.29, 0.717) is 45.5 Å². The summed E-state index contributed by atoms with van der Waals surface area (Å²) in [6.07, 6.45) is 3.31. The highest BCUT2D eigenvalue weighted by Gasteiger charge is 2.28. The predicted octanol–water partition coefficient (Wildman–Crippen LogP) is 4.62. The number of rotatable bonds is 5. The fraction of sp³-hybridized carbons (Fsp3) is 0.400. The second-order valence-electron chi connectivity index (χ2n) is 8.72. The van der Waals surface area contributed by atoms with E-state index in [2.05, 4.69) is 24.1 Å². The Hall–Kier alpha value is -3.13. The van der Waals surface area contributed by atoms with Gasteiger partial charge in [-0.25, -0.2) is 0 Å². The highest BCUT2D eigenvalue weighted by Crippen LogP contribution is 2.30. The Balaban J connectivity index is 1.69. The quantitative estimate of drug-likeness (QED) is 0.535. The minimum absolute atomic E-state index is 0.133. The zero-order valence-corrected chi connectivity index (χ0v) is 20.1. The summed E-state index contributed by atoms with van der Waals surface area (Å²) in [6.45, 7) is 4.44. The maximum Gasteiger partial charge on any atom is 0.266 e. The SMILES string of the molecule is COc1ccc(-n2c(=S)[nH]c3cc(C(=O)N[C@@H]4CCC[C@H](C)[C@H]4C)ccc3c2=O)cc1OC. The number of hydrogen-bond acceptors (Lipinski definition) is 5. The Morgan fingerprint density at radius 1 is 1.09 bits per heavy atom. The van der Waals surface area contributed by atoms with Crippen LogP contribution in [0.4, 0.5) is 0 Å². The molecule has 8 heteroatoms. The minimum atomic E-state index is -0.275. The van der Waals surface area contributed by atoms with Gasteiger partial charge in [-0.1, -0.05) is 26.7 Å². The Labute approximate surface area is 197 Å². The summed E-state index contributed by atoms with van der Waals surface area (Å²) in [5.74, 6) is 1.94. The maximum atomic E-state index is 13.3. The maximum absolute atomic E-state index is 13.3. The van der Waals surface area contributed by atoms with Crippen LogP contribution in [0.15, 0.2) is 41.2 Å². The first-order chi connectivity index (χ1) is 15.8. The number of fused-ring (bicyclic) bond motifs is 1. The molecule has 0 spiro atoms. The van der Waals surface area contributed by atoms with Crippen molar-refractivity contribution in [2.24, 2.45) is 11.8 Å². The predicted molar refractivity (Wildman–Crippen MR) is 131 cm³/mol. The van der Waals surface area contributed by atoms with Crippen LogP contribution in [0.3, 0.4) is 0 Å². The van der Waals surface area contributed by atoms with E-state index in [-0.39, 0.29) is 22.3 Å². The molecule has 0 aliphatic heterocycles. The van der Waals surface area contributed by atoms with Crippen molar-refractivity contribution in [3.63, 3.8) is 0 Å². The van der Waals surface area contributed by atoms with Crippen molar-refractivity contribution in [3.8, 4) is 17.2 Å². The number of methoxy groups -OCH3 is 2. The van der Waals surface area contributed by atoms with Gasteiger partial charge < -0.3 is 19.8 Å². The monoisotopic (exact) mass is 467 g/mol. The Morgan fingerprint density at radius 2 is 1.85 bits per heavy atom. The van der Waals surface area contributed by atoms with Gasteiger partial charge in [0.25, 0.3) is 11.5 Å². The molecule has 7 nitrogen and oxygen atoms in total. The van der Waals surface area contributed by atoms with Crippen molar-refractivity contribution in [1.29, 1.82) is 0 Å². The first-order valence-corrected chi connectivity index (χ1v) is 11.6. The summed E-state index contributed by atoms with van der Waals surface area (Å²) in [5.41, 5.74) is 1.31. The molecule has 3 atom stereocenters. The van der Waals surface area contributed by atoms with E-state index in [4.69, 9.17) is 21.7 Å². The van der Waals surface area contributed by atoms with Gasteiger partial charge in [-0.3, -0.25) is 14.2 Å². The van der Waals surface area contributed by atoms with E-state index in [0.717, 1.165) is 12.8 Å². The molecule has 1 amide bonds. The molecule has 1 aliphatic carbocycles. The summed E-state index contributed by atoms with van der Waals surface area (Å²) in [6, 6.07) is 10.4. The van der Waals surface area contributed by atoms with Crippen LogP contribution in [0.2, 0.25) is 0 Å². The van der Waals surface area contributed by atoms with Crippen LogP contribution < -0.4 is 20.3 Å². The first-order valence-electron chi connectivity index (χ1n) is 11.2. The molecule has 0 radical (unpaired) electrons. The molecular formula is C25H29N3O4S. The zero-order chi connectivity index (χ0) is 23.7. The minimum Gasteiger partial charge on any atom is -0.493 e. The number of carbonyl (C=O) groups is 1. The lowest BCUT2D eigenvalue weighted by Gasteiger charge is -2.34. The normalized spacial score (nSPS) is 20.4. The van der Waals surface area contributed by atoms with Crippen LogP contribution in [0.5, 0.6) is 11.5 Å². The van der Waals surface area contributed by atoms with E-state index in [1.54, 1.807) is 43.5 Å². The second kappa shape index (κ2) is 9.39. The van der Waals surface area contributed by atoms with Crippen molar-refractivity contribution in [2.45, 2.75) is 39.2 Å².